The Balaban J connectivity index is 2.03. The van der Waals surface area contributed by atoms with Crippen LogP contribution in [-0.4, -0.2) is 17.1 Å². The van der Waals surface area contributed by atoms with Gasteiger partial charge in [-0.15, -0.1) is 0 Å². The highest BCUT2D eigenvalue weighted by Crippen LogP contribution is 2.26. The summed E-state index contributed by atoms with van der Waals surface area (Å²) in [5, 5.41) is 1.13. The SMILES string of the molecule is COc1nc2cc(F)c(Cc3cc(Cl)ccc3Cl)cc2[nH]1. The minimum Gasteiger partial charge on any atom is -0.468 e. The van der Waals surface area contributed by atoms with Crippen molar-refractivity contribution in [3.63, 3.8) is 0 Å². The molecule has 2 aromatic carbocycles. The molecule has 1 aromatic heterocycles. The number of methoxy groups -OCH3 is 1. The molecule has 0 amide bonds. The lowest BCUT2D eigenvalue weighted by Crippen LogP contribution is -1.94. The average molecular weight is 325 g/mol. The monoisotopic (exact) mass is 324 g/mol. The predicted molar refractivity (Wildman–Crippen MR) is 81.9 cm³/mol. The molecule has 0 aliphatic rings. The number of benzene rings is 2. The van der Waals surface area contributed by atoms with E-state index < -0.39 is 0 Å². The van der Waals surface area contributed by atoms with Crippen molar-refractivity contribution in [2.75, 3.05) is 7.11 Å². The number of aromatic amines is 1. The average Bonchev–Trinajstić information content (AvgIpc) is 2.85. The molecule has 0 radical (unpaired) electrons. The van der Waals surface area contributed by atoms with Gasteiger partial charge in [-0.1, -0.05) is 23.2 Å². The Morgan fingerprint density at radius 3 is 2.76 bits per heavy atom. The number of halogens is 3. The van der Waals surface area contributed by atoms with Crippen LogP contribution in [0.3, 0.4) is 0 Å². The van der Waals surface area contributed by atoms with Crippen LogP contribution >= 0.6 is 23.2 Å². The zero-order valence-corrected chi connectivity index (χ0v) is 12.6. The number of fused-ring (bicyclic) bond motifs is 1. The van der Waals surface area contributed by atoms with Crippen LogP contribution in [0.15, 0.2) is 30.3 Å². The van der Waals surface area contributed by atoms with Gasteiger partial charge in [-0.25, -0.2) is 4.39 Å². The van der Waals surface area contributed by atoms with Gasteiger partial charge in [0.15, 0.2) is 0 Å². The Labute approximate surface area is 130 Å². The maximum atomic E-state index is 14.2. The maximum Gasteiger partial charge on any atom is 0.294 e. The van der Waals surface area contributed by atoms with Gasteiger partial charge in [0, 0.05) is 22.5 Å². The smallest absolute Gasteiger partial charge is 0.294 e. The van der Waals surface area contributed by atoms with Crippen LogP contribution in [0.4, 0.5) is 4.39 Å². The second-order valence-electron chi connectivity index (χ2n) is 4.62. The molecule has 21 heavy (non-hydrogen) atoms. The van der Waals surface area contributed by atoms with Gasteiger partial charge in [0.25, 0.3) is 6.01 Å². The molecule has 0 bridgehead atoms. The number of rotatable bonds is 3. The lowest BCUT2D eigenvalue weighted by Gasteiger charge is -2.06. The van der Waals surface area contributed by atoms with Crippen molar-refractivity contribution >= 4 is 34.2 Å². The number of imidazole rings is 1. The number of ether oxygens (including phenoxy) is 1. The zero-order chi connectivity index (χ0) is 15.0. The highest BCUT2D eigenvalue weighted by atomic mass is 35.5. The van der Waals surface area contributed by atoms with Gasteiger partial charge >= 0.3 is 0 Å². The summed E-state index contributed by atoms with van der Waals surface area (Å²) in [6.45, 7) is 0. The molecule has 0 spiro atoms. The van der Waals surface area contributed by atoms with Crippen LogP contribution in [0.1, 0.15) is 11.1 Å². The van der Waals surface area contributed by atoms with Gasteiger partial charge in [-0.3, -0.25) is 0 Å². The first kappa shape index (κ1) is 14.2. The summed E-state index contributed by atoms with van der Waals surface area (Å²) in [6, 6.07) is 8.57. The molecule has 0 saturated carbocycles. The van der Waals surface area contributed by atoms with Crippen LogP contribution in [0, 0.1) is 5.82 Å². The molecule has 0 atom stereocenters. The number of nitrogens with one attached hydrogen (secondary N) is 1. The van der Waals surface area contributed by atoms with Gasteiger partial charge < -0.3 is 9.72 Å². The second kappa shape index (κ2) is 5.54. The Hall–Kier alpha value is -1.78. The molecule has 0 unspecified atom stereocenters. The minimum absolute atomic E-state index is 0.340. The van der Waals surface area contributed by atoms with E-state index in [2.05, 4.69) is 9.97 Å². The van der Waals surface area contributed by atoms with Crippen LogP contribution < -0.4 is 4.74 Å². The number of nitrogens with zero attached hydrogens (tertiary/aromatic N) is 1. The van der Waals surface area contributed by atoms with Gasteiger partial charge in [0.05, 0.1) is 18.1 Å². The van der Waals surface area contributed by atoms with E-state index in [1.807, 2.05) is 0 Å². The first-order chi connectivity index (χ1) is 10.1. The number of hydrogen-bond acceptors (Lipinski definition) is 2. The quantitative estimate of drug-likeness (QED) is 0.764. The Morgan fingerprint density at radius 1 is 1.19 bits per heavy atom. The molecule has 0 fully saturated rings. The molecule has 0 aliphatic carbocycles. The predicted octanol–water partition coefficient (Wildman–Crippen LogP) is 4.61. The third-order valence-electron chi connectivity index (χ3n) is 3.21. The summed E-state index contributed by atoms with van der Waals surface area (Å²) in [5.41, 5.74) is 2.51. The third-order valence-corrected chi connectivity index (χ3v) is 3.81. The van der Waals surface area contributed by atoms with E-state index in [1.54, 1.807) is 24.3 Å². The van der Waals surface area contributed by atoms with Crippen molar-refractivity contribution in [1.82, 2.24) is 9.97 Å². The number of hydrogen-bond donors (Lipinski definition) is 1. The van der Waals surface area contributed by atoms with Crippen molar-refractivity contribution in [2.45, 2.75) is 6.42 Å². The molecular formula is C15H11Cl2FN2O. The van der Waals surface area contributed by atoms with Gasteiger partial charge in [-0.05, 0) is 35.4 Å². The van der Waals surface area contributed by atoms with E-state index in [-0.39, 0.29) is 5.82 Å². The Bertz CT molecular complexity index is 817. The molecular weight excluding hydrogens is 314 g/mol. The van der Waals surface area contributed by atoms with E-state index in [0.717, 1.165) is 5.56 Å². The molecule has 0 saturated heterocycles. The molecule has 3 rings (SSSR count). The first-order valence-corrected chi connectivity index (χ1v) is 6.98. The van der Waals surface area contributed by atoms with Crippen molar-refractivity contribution in [2.24, 2.45) is 0 Å². The van der Waals surface area contributed by atoms with Crippen molar-refractivity contribution in [3.05, 3.63) is 57.3 Å². The molecule has 6 heteroatoms. The fraction of sp³-hybridized carbons (Fsp3) is 0.133. The lowest BCUT2D eigenvalue weighted by molar-refractivity contribution is 0.386. The van der Waals surface area contributed by atoms with E-state index in [4.69, 9.17) is 27.9 Å². The van der Waals surface area contributed by atoms with Gasteiger partial charge in [0.2, 0.25) is 0 Å². The highest BCUT2D eigenvalue weighted by Gasteiger charge is 2.11. The molecule has 1 heterocycles. The van der Waals surface area contributed by atoms with E-state index in [9.17, 15) is 4.39 Å². The zero-order valence-electron chi connectivity index (χ0n) is 11.1. The number of H-pyrrole nitrogens is 1. The van der Waals surface area contributed by atoms with Crippen molar-refractivity contribution in [3.8, 4) is 6.01 Å². The highest BCUT2D eigenvalue weighted by molar-refractivity contribution is 6.33. The third kappa shape index (κ3) is 2.82. The van der Waals surface area contributed by atoms with Crippen LogP contribution in [-0.2, 0) is 6.42 Å². The topological polar surface area (TPSA) is 37.9 Å². The maximum absolute atomic E-state index is 14.2. The van der Waals surface area contributed by atoms with E-state index >= 15 is 0 Å². The molecule has 3 aromatic rings. The summed E-state index contributed by atoms with van der Waals surface area (Å²) in [5.74, 6) is -0.340. The van der Waals surface area contributed by atoms with Gasteiger partial charge in [0.1, 0.15) is 5.82 Å². The molecule has 0 aliphatic heterocycles. The summed E-state index contributed by atoms with van der Waals surface area (Å²) in [4.78, 5) is 7.07. The van der Waals surface area contributed by atoms with Crippen molar-refractivity contribution < 1.29 is 9.13 Å². The Kier molecular flexibility index (Phi) is 3.74. The summed E-state index contributed by atoms with van der Waals surface area (Å²) in [7, 11) is 1.50. The summed E-state index contributed by atoms with van der Waals surface area (Å²) in [6.07, 6.45) is 0.350. The Morgan fingerprint density at radius 2 is 2.00 bits per heavy atom. The molecule has 3 nitrogen and oxygen atoms in total. The second-order valence-corrected chi connectivity index (χ2v) is 5.46. The first-order valence-electron chi connectivity index (χ1n) is 6.23. The standard InChI is InChI=1S/C15H11Cl2FN2O/c1-21-15-19-13-6-9(12(18)7-14(13)20-15)4-8-5-10(16)2-3-11(8)17/h2-3,5-7H,4H2,1H3,(H,19,20). The fourth-order valence-electron chi connectivity index (χ4n) is 2.17. The minimum atomic E-state index is -0.340. The summed E-state index contributed by atoms with van der Waals surface area (Å²) < 4.78 is 19.2. The largest absolute Gasteiger partial charge is 0.468 e. The lowest BCUT2D eigenvalue weighted by atomic mass is 10.0. The van der Waals surface area contributed by atoms with E-state index in [1.165, 1.54) is 13.2 Å². The van der Waals surface area contributed by atoms with Crippen molar-refractivity contribution in [1.29, 1.82) is 0 Å². The van der Waals surface area contributed by atoms with Crippen LogP contribution in [0.5, 0.6) is 6.01 Å². The summed E-state index contributed by atoms with van der Waals surface area (Å²) >= 11 is 12.1. The molecule has 108 valence electrons. The number of aromatic nitrogens is 2. The van der Waals surface area contributed by atoms with Crippen LogP contribution in [0.25, 0.3) is 11.0 Å². The van der Waals surface area contributed by atoms with Gasteiger partial charge in [-0.2, -0.15) is 4.98 Å². The van der Waals surface area contributed by atoms with E-state index in [0.29, 0.717) is 39.1 Å². The fourth-order valence-corrected chi connectivity index (χ4v) is 2.55. The van der Waals surface area contributed by atoms with Crippen LogP contribution in [0.2, 0.25) is 10.0 Å². The normalized spacial score (nSPS) is 11.0. The molecule has 1 N–H and O–H groups in total.